The van der Waals surface area contributed by atoms with Gasteiger partial charge in [-0.1, -0.05) is 0 Å². The monoisotopic (exact) mass is 455 g/mol. The van der Waals surface area contributed by atoms with Crippen molar-refractivity contribution < 1.29 is 81.4 Å². The molecular formula is C10H16CeN2NaO8. The first-order valence-electron chi connectivity index (χ1n) is 5.52. The Morgan fingerprint density at radius 1 is 0.591 bits per heavy atom. The molecule has 0 rings (SSSR count). The van der Waals surface area contributed by atoms with Gasteiger partial charge in [0, 0.05) is 84.4 Å². The third kappa shape index (κ3) is 16.5. The largest absolute Gasteiger partial charge is 0.480 e. The van der Waals surface area contributed by atoms with Crippen LogP contribution < -0.4 is 0 Å². The second-order valence-corrected chi connectivity index (χ2v) is 4.00. The van der Waals surface area contributed by atoms with Crippen molar-refractivity contribution in [3.05, 3.63) is 0 Å². The van der Waals surface area contributed by atoms with Gasteiger partial charge in [0.15, 0.2) is 0 Å². The van der Waals surface area contributed by atoms with Crippen LogP contribution in [0.4, 0.5) is 0 Å². The van der Waals surface area contributed by atoms with Crippen LogP contribution in [0.3, 0.4) is 0 Å². The van der Waals surface area contributed by atoms with Crippen molar-refractivity contribution in [2.45, 2.75) is 0 Å². The average Bonchev–Trinajstić information content (AvgIpc) is 2.22. The van der Waals surface area contributed by atoms with Crippen LogP contribution >= 0.6 is 0 Å². The molecule has 0 aromatic rings. The first kappa shape index (κ1) is 27.0. The normalized spacial score (nSPS) is 9.73. The number of carboxylic acids is 4. The quantitative estimate of drug-likeness (QED) is 0.247. The standard InChI is InChI=1S/C10H16N2O8.Ce.Na/c13-7(14)3-11(4-8(15)16)1-2-12(5-9(17)18)6-10(19)20;;/h1-6H2,(H,13,14)(H,15,16)(H,17,18)(H,19,20);;. The topological polar surface area (TPSA) is 156 Å². The molecule has 22 heavy (non-hydrogen) atoms. The molecular weight excluding hydrogens is 439 g/mol. The number of hydrogen-bond acceptors (Lipinski definition) is 6. The first-order chi connectivity index (χ1) is 9.20. The maximum Gasteiger partial charge on any atom is 0.317 e. The molecule has 1 radical (unpaired) electrons. The summed E-state index contributed by atoms with van der Waals surface area (Å²) in [5, 5.41) is 34.5. The van der Waals surface area contributed by atoms with Gasteiger partial charge in [0.25, 0.3) is 0 Å². The van der Waals surface area contributed by atoms with Gasteiger partial charge in [0.05, 0.1) is 26.2 Å². The van der Waals surface area contributed by atoms with E-state index in [0.29, 0.717) is 0 Å². The van der Waals surface area contributed by atoms with Gasteiger partial charge in [-0.25, -0.2) is 0 Å². The fraction of sp³-hybridized carbons (Fsp3) is 0.600. The molecule has 0 bridgehead atoms. The molecule has 0 aromatic carbocycles. The van der Waals surface area contributed by atoms with E-state index in [1.165, 1.54) is 0 Å². The molecule has 0 aliphatic carbocycles. The van der Waals surface area contributed by atoms with E-state index >= 15 is 0 Å². The molecule has 0 saturated heterocycles. The summed E-state index contributed by atoms with van der Waals surface area (Å²) in [4.78, 5) is 44.4. The fourth-order valence-electron chi connectivity index (χ4n) is 1.48. The van der Waals surface area contributed by atoms with Crippen LogP contribution in [0.25, 0.3) is 0 Å². The Labute approximate surface area is 182 Å². The van der Waals surface area contributed by atoms with E-state index in [-0.39, 0.29) is 84.4 Å². The van der Waals surface area contributed by atoms with Gasteiger partial charge in [0.1, 0.15) is 0 Å². The number of nitrogens with zero attached hydrogens (tertiary/aromatic N) is 2. The molecule has 0 amide bonds. The number of rotatable bonds is 11. The van der Waals surface area contributed by atoms with E-state index in [1.54, 1.807) is 0 Å². The van der Waals surface area contributed by atoms with Gasteiger partial charge >= 0.3 is 23.9 Å². The molecule has 4 N–H and O–H groups in total. The van der Waals surface area contributed by atoms with Crippen LogP contribution in [0.5, 0.6) is 0 Å². The summed E-state index contributed by atoms with van der Waals surface area (Å²) in [6, 6.07) is 0. The third-order valence-electron chi connectivity index (χ3n) is 2.17. The minimum absolute atomic E-state index is 0. The molecule has 119 valence electrons. The summed E-state index contributed by atoms with van der Waals surface area (Å²) in [6.07, 6.45) is 0. The number of aliphatic carboxylic acids is 4. The Morgan fingerprint density at radius 3 is 0.909 bits per heavy atom. The van der Waals surface area contributed by atoms with Crippen molar-refractivity contribution in [3.63, 3.8) is 0 Å². The molecule has 0 spiro atoms. The molecule has 12 heteroatoms. The van der Waals surface area contributed by atoms with Crippen LogP contribution in [0.2, 0.25) is 0 Å². The molecule has 0 aliphatic heterocycles. The molecule has 0 aromatic heterocycles. The predicted octanol–water partition coefficient (Wildman–Crippen LogP) is -2.45. The second kappa shape index (κ2) is 14.7. The summed E-state index contributed by atoms with van der Waals surface area (Å²) in [7, 11) is 0. The fourth-order valence-corrected chi connectivity index (χ4v) is 1.48. The predicted molar refractivity (Wildman–Crippen MR) is 69.2 cm³/mol. The average molecular weight is 455 g/mol. The van der Waals surface area contributed by atoms with Crippen molar-refractivity contribution in [1.29, 1.82) is 0 Å². The Balaban J connectivity index is -0.00000180. The summed E-state index contributed by atoms with van der Waals surface area (Å²) in [5.41, 5.74) is 0. The summed E-state index contributed by atoms with van der Waals surface area (Å²) in [5.74, 6) is -4.91. The van der Waals surface area contributed by atoms with Gasteiger partial charge in [-0.05, 0) is 0 Å². The molecule has 0 unspecified atom stereocenters. The number of hydrogen-bond donors (Lipinski definition) is 4. The van der Waals surface area contributed by atoms with Gasteiger partial charge in [-0.3, -0.25) is 29.0 Å². The molecule has 0 saturated carbocycles. The van der Waals surface area contributed by atoms with E-state index in [4.69, 9.17) is 20.4 Å². The maximum absolute atomic E-state index is 10.6. The minimum atomic E-state index is -1.23. The zero-order chi connectivity index (χ0) is 15.7. The van der Waals surface area contributed by atoms with Gasteiger partial charge in [0.2, 0.25) is 0 Å². The maximum atomic E-state index is 10.6. The number of carboxylic acid groups (broad SMARTS) is 4. The van der Waals surface area contributed by atoms with E-state index in [1.807, 2.05) is 0 Å². The summed E-state index contributed by atoms with van der Waals surface area (Å²) < 4.78 is 0. The molecule has 0 aliphatic rings. The molecule has 0 atom stereocenters. The smallest absolute Gasteiger partial charge is 0.317 e. The van der Waals surface area contributed by atoms with Crippen molar-refractivity contribution in [1.82, 2.24) is 9.80 Å². The van der Waals surface area contributed by atoms with Crippen LogP contribution in [0.15, 0.2) is 0 Å². The van der Waals surface area contributed by atoms with Crippen molar-refractivity contribution in [3.8, 4) is 0 Å². The Morgan fingerprint density at radius 2 is 0.773 bits per heavy atom. The zero-order valence-corrected chi connectivity index (χ0v) is 17.2. The summed E-state index contributed by atoms with van der Waals surface area (Å²) >= 11 is 0. The minimum Gasteiger partial charge on any atom is -0.480 e. The Bertz CT molecular complexity index is 327. The summed E-state index contributed by atoms with van der Waals surface area (Å²) in [6.45, 7) is -2.25. The van der Waals surface area contributed by atoms with Crippen LogP contribution in [0.1, 0.15) is 0 Å². The molecule has 0 fully saturated rings. The van der Waals surface area contributed by atoms with E-state index in [2.05, 4.69) is 0 Å². The molecule has 10 nitrogen and oxygen atoms in total. The van der Waals surface area contributed by atoms with Gasteiger partial charge in [-0.2, -0.15) is 0 Å². The van der Waals surface area contributed by atoms with Crippen molar-refractivity contribution in [2.75, 3.05) is 39.3 Å². The van der Waals surface area contributed by atoms with Crippen LogP contribution in [-0.4, -0.2) is 123 Å². The number of carbonyl (C=O) groups is 4. The van der Waals surface area contributed by atoms with E-state index < -0.39 is 50.1 Å². The van der Waals surface area contributed by atoms with E-state index in [9.17, 15) is 19.2 Å². The van der Waals surface area contributed by atoms with Crippen LogP contribution in [0, 0.1) is 41.7 Å². The van der Waals surface area contributed by atoms with Gasteiger partial charge in [-0.15, -0.1) is 0 Å². The molecule has 0 heterocycles. The third-order valence-corrected chi connectivity index (χ3v) is 2.17. The SMILES string of the molecule is O=C(O)CN(CCN(CC(=O)O)CC(=O)O)CC(=O)O.[Ce].[Na]. The van der Waals surface area contributed by atoms with Crippen LogP contribution in [-0.2, 0) is 19.2 Å². The Hall–Kier alpha value is 0.177. The van der Waals surface area contributed by atoms with Crippen molar-refractivity contribution in [2.24, 2.45) is 0 Å². The second-order valence-electron chi connectivity index (χ2n) is 4.00. The Kier molecular flexibility index (Phi) is 18.1. The van der Waals surface area contributed by atoms with Crippen molar-refractivity contribution >= 4 is 53.4 Å². The first-order valence-corrected chi connectivity index (χ1v) is 5.52. The van der Waals surface area contributed by atoms with Gasteiger partial charge < -0.3 is 20.4 Å². The zero-order valence-electron chi connectivity index (χ0n) is 12.1. The van der Waals surface area contributed by atoms with E-state index in [0.717, 1.165) is 9.80 Å².